The maximum Gasteiger partial charge on any atom is 0.222 e. The summed E-state index contributed by atoms with van der Waals surface area (Å²) in [7, 11) is 5.99. The van der Waals surface area contributed by atoms with E-state index in [1.165, 1.54) is 0 Å². The molecule has 0 unspecified atom stereocenters. The molecule has 1 N–H and O–H groups in total. The molecule has 4 nitrogen and oxygen atoms in total. The van der Waals surface area contributed by atoms with Crippen LogP contribution in [0.2, 0.25) is 0 Å². The molecule has 0 saturated carbocycles. The molecule has 0 bridgehead atoms. The second kappa shape index (κ2) is 9.60. The Morgan fingerprint density at radius 3 is 2.38 bits per heavy atom. The van der Waals surface area contributed by atoms with E-state index in [1.807, 2.05) is 26.0 Å². The molecule has 0 atom stereocenters. The standard InChI is InChI=1S/C12H27N3O/c1-5-9-15(11-10-14(3)4)12(16)7-6-8-13-2/h13H,5-11H2,1-4H3. The minimum Gasteiger partial charge on any atom is -0.341 e. The van der Waals surface area contributed by atoms with Crippen molar-refractivity contribution >= 4 is 5.91 Å². The van der Waals surface area contributed by atoms with E-state index in [0.717, 1.165) is 39.0 Å². The summed E-state index contributed by atoms with van der Waals surface area (Å²) in [4.78, 5) is 16.0. The lowest BCUT2D eigenvalue weighted by molar-refractivity contribution is -0.131. The number of amides is 1. The van der Waals surface area contributed by atoms with E-state index in [2.05, 4.69) is 17.1 Å². The van der Waals surface area contributed by atoms with Gasteiger partial charge in [0, 0.05) is 26.1 Å². The Bertz CT molecular complexity index is 183. The van der Waals surface area contributed by atoms with E-state index in [9.17, 15) is 4.79 Å². The van der Waals surface area contributed by atoms with Gasteiger partial charge in [-0.3, -0.25) is 4.79 Å². The summed E-state index contributed by atoms with van der Waals surface area (Å²) in [6.07, 6.45) is 2.62. The van der Waals surface area contributed by atoms with Gasteiger partial charge in [-0.1, -0.05) is 6.92 Å². The van der Waals surface area contributed by atoms with Gasteiger partial charge in [-0.15, -0.1) is 0 Å². The van der Waals surface area contributed by atoms with Crippen molar-refractivity contribution in [1.82, 2.24) is 15.1 Å². The third kappa shape index (κ3) is 7.65. The first-order valence-electron chi connectivity index (χ1n) is 6.19. The van der Waals surface area contributed by atoms with Crippen molar-refractivity contribution in [2.75, 3.05) is 47.3 Å². The van der Waals surface area contributed by atoms with Crippen molar-refractivity contribution in [3.63, 3.8) is 0 Å². The Balaban J connectivity index is 3.92. The van der Waals surface area contributed by atoms with Gasteiger partial charge in [-0.05, 0) is 40.5 Å². The second-order valence-electron chi connectivity index (χ2n) is 4.39. The van der Waals surface area contributed by atoms with Crippen molar-refractivity contribution in [3.05, 3.63) is 0 Å². The average Bonchev–Trinajstić information content (AvgIpc) is 2.24. The van der Waals surface area contributed by atoms with Gasteiger partial charge in [0.25, 0.3) is 0 Å². The summed E-state index contributed by atoms with van der Waals surface area (Å²) >= 11 is 0. The van der Waals surface area contributed by atoms with Crippen LogP contribution >= 0.6 is 0 Å². The van der Waals surface area contributed by atoms with Gasteiger partial charge in [0.2, 0.25) is 5.91 Å². The first-order valence-corrected chi connectivity index (χ1v) is 6.19. The smallest absolute Gasteiger partial charge is 0.222 e. The molecule has 0 radical (unpaired) electrons. The summed E-state index contributed by atoms with van der Waals surface area (Å²) in [6.45, 7) is 5.70. The highest BCUT2D eigenvalue weighted by Crippen LogP contribution is 1.99. The molecule has 0 spiro atoms. The van der Waals surface area contributed by atoms with Crippen molar-refractivity contribution in [3.8, 4) is 0 Å². The molecule has 16 heavy (non-hydrogen) atoms. The number of rotatable bonds is 9. The molecule has 0 aliphatic heterocycles. The zero-order valence-electron chi connectivity index (χ0n) is 11.3. The Morgan fingerprint density at radius 1 is 1.19 bits per heavy atom. The van der Waals surface area contributed by atoms with Crippen LogP contribution in [0.4, 0.5) is 0 Å². The zero-order chi connectivity index (χ0) is 12.4. The predicted molar refractivity (Wildman–Crippen MR) is 68.6 cm³/mol. The third-order valence-corrected chi connectivity index (χ3v) is 2.48. The second-order valence-corrected chi connectivity index (χ2v) is 4.39. The molecule has 0 aliphatic rings. The molecule has 0 saturated heterocycles. The van der Waals surface area contributed by atoms with E-state index in [1.54, 1.807) is 0 Å². The van der Waals surface area contributed by atoms with Crippen LogP contribution in [-0.4, -0.2) is 63.0 Å². The van der Waals surface area contributed by atoms with E-state index in [4.69, 9.17) is 0 Å². The highest BCUT2D eigenvalue weighted by Gasteiger charge is 2.11. The Hall–Kier alpha value is -0.610. The van der Waals surface area contributed by atoms with E-state index in [-0.39, 0.29) is 0 Å². The fraction of sp³-hybridized carbons (Fsp3) is 0.917. The van der Waals surface area contributed by atoms with Crippen molar-refractivity contribution in [2.45, 2.75) is 26.2 Å². The Morgan fingerprint density at radius 2 is 1.88 bits per heavy atom. The summed E-state index contributed by atoms with van der Waals surface area (Å²) in [5.41, 5.74) is 0. The van der Waals surface area contributed by atoms with Crippen molar-refractivity contribution in [1.29, 1.82) is 0 Å². The number of nitrogens with one attached hydrogen (secondary N) is 1. The number of likely N-dealkylation sites (N-methyl/N-ethyl adjacent to an activating group) is 1. The molecular formula is C12H27N3O. The number of carbonyl (C=O) groups is 1. The number of nitrogens with zero attached hydrogens (tertiary/aromatic N) is 2. The van der Waals surface area contributed by atoms with Crippen molar-refractivity contribution < 1.29 is 4.79 Å². The highest BCUT2D eigenvalue weighted by atomic mass is 16.2. The largest absolute Gasteiger partial charge is 0.341 e. The molecule has 0 aromatic rings. The minimum atomic E-state index is 0.291. The third-order valence-electron chi connectivity index (χ3n) is 2.48. The van der Waals surface area contributed by atoms with Crippen LogP contribution in [0.15, 0.2) is 0 Å². The minimum absolute atomic E-state index is 0.291. The fourth-order valence-corrected chi connectivity index (χ4v) is 1.53. The average molecular weight is 229 g/mol. The molecule has 0 heterocycles. The molecule has 0 aromatic carbocycles. The molecule has 0 aromatic heterocycles. The SMILES string of the molecule is CCCN(CCN(C)C)C(=O)CCCNC. The summed E-state index contributed by atoms with van der Waals surface area (Å²) in [5, 5.41) is 3.07. The monoisotopic (exact) mass is 229 g/mol. The molecular weight excluding hydrogens is 202 g/mol. The van der Waals surface area contributed by atoms with Gasteiger partial charge in [-0.25, -0.2) is 0 Å². The fourth-order valence-electron chi connectivity index (χ4n) is 1.53. The number of hydrogen-bond donors (Lipinski definition) is 1. The van der Waals surface area contributed by atoms with Crippen LogP contribution < -0.4 is 5.32 Å². The summed E-state index contributed by atoms with van der Waals surface area (Å²) in [5.74, 6) is 0.291. The van der Waals surface area contributed by atoms with Crippen LogP contribution in [0.5, 0.6) is 0 Å². The molecule has 96 valence electrons. The number of carbonyl (C=O) groups excluding carboxylic acids is 1. The van der Waals surface area contributed by atoms with E-state index >= 15 is 0 Å². The zero-order valence-corrected chi connectivity index (χ0v) is 11.3. The topological polar surface area (TPSA) is 35.6 Å². The van der Waals surface area contributed by atoms with Crippen LogP contribution in [-0.2, 0) is 4.79 Å². The van der Waals surface area contributed by atoms with Crippen molar-refractivity contribution in [2.24, 2.45) is 0 Å². The van der Waals surface area contributed by atoms with E-state index in [0.29, 0.717) is 12.3 Å². The first kappa shape index (κ1) is 15.4. The van der Waals surface area contributed by atoms with Gasteiger partial charge >= 0.3 is 0 Å². The van der Waals surface area contributed by atoms with E-state index < -0.39 is 0 Å². The van der Waals surface area contributed by atoms with Gasteiger partial charge in [0.05, 0.1) is 0 Å². The molecule has 4 heteroatoms. The lowest BCUT2D eigenvalue weighted by atomic mass is 10.2. The maximum absolute atomic E-state index is 11.9. The molecule has 0 aliphatic carbocycles. The van der Waals surface area contributed by atoms with Gasteiger partial charge < -0.3 is 15.1 Å². The quantitative estimate of drug-likeness (QED) is 0.594. The Kier molecular flexibility index (Phi) is 9.24. The summed E-state index contributed by atoms with van der Waals surface area (Å²) in [6, 6.07) is 0. The normalized spacial score (nSPS) is 10.8. The molecule has 0 rings (SSSR count). The van der Waals surface area contributed by atoms with Crippen LogP contribution in [0.3, 0.4) is 0 Å². The number of hydrogen-bond acceptors (Lipinski definition) is 3. The maximum atomic E-state index is 11.9. The summed E-state index contributed by atoms with van der Waals surface area (Å²) < 4.78 is 0. The van der Waals surface area contributed by atoms with Gasteiger partial charge in [0.15, 0.2) is 0 Å². The highest BCUT2D eigenvalue weighted by molar-refractivity contribution is 5.76. The van der Waals surface area contributed by atoms with Gasteiger partial charge in [-0.2, -0.15) is 0 Å². The molecule has 0 fully saturated rings. The lowest BCUT2D eigenvalue weighted by Gasteiger charge is -2.24. The van der Waals surface area contributed by atoms with Gasteiger partial charge in [0.1, 0.15) is 0 Å². The molecule has 1 amide bonds. The predicted octanol–water partition coefficient (Wildman–Crippen LogP) is 0.786. The van der Waals surface area contributed by atoms with Crippen LogP contribution in [0.1, 0.15) is 26.2 Å². The first-order chi connectivity index (χ1) is 7.61. The Labute approximate surface area is 100.0 Å². The lowest BCUT2D eigenvalue weighted by Crippen LogP contribution is -2.37. The van der Waals surface area contributed by atoms with Crippen LogP contribution in [0.25, 0.3) is 0 Å². The van der Waals surface area contributed by atoms with Crippen LogP contribution in [0, 0.1) is 0 Å².